The number of carboxylic acids is 1. The van der Waals surface area contributed by atoms with Crippen molar-refractivity contribution in [1.82, 2.24) is 9.97 Å². The molecule has 0 spiro atoms. The van der Waals surface area contributed by atoms with E-state index in [1.165, 1.54) is 12.3 Å². The average molecular weight is 258 g/mol. The van der Waals surface area contributed by atoms with Crippen LogP contribution < -0.4 is 4.90 Å². The van der Waals surface area contributed by atoms with E-state index in [0.29, 0.717) is 18.4 Å². The van der Waals surface area contributed by atoms with E-state index in [9.17, 15) is 9.90 Å². The predicted molar refractivity (Wildman–Crippen MR) is 66.3 cm³/mol. The zero-order valence-electron chi connectivity index (χ0n) is 10.4. The smallest absolute Gasteiger partial charge is 0.326 e. The van der Waals surface area contributed by atoms with Gasteiger partial charge < -0.3 is 10.0 Å². The molecule has 0 aromatic carbocycles. The van der Waals surface area contributed by atoms with Gasteiger partial charge in [-0.15, -0.1) is 0 Å². The molecule has 2 heterocycles. The predicted octanol–water partition coefficient (Wildman–Crippen LogP) is 1.04. The van der Waals surface area contributed by atoms with Gasteiger partial charge in [-0.1, -0.05) is 6.42 Å². The lowest BCUT2D eigenvalue weighted by molar-refractivity contribution is -0.139. The average Bonchev–Trinajstić information content (AvgIpc) is 2.98. The molecule has 1 saturated heterocycles. The first kappa shape index (κ1) is 11.9. The minimum Gasteiger partial charge on any atom is -0.480 e. The van der Waals surface area contributed by atoms with Crippen LogP contribution >= 0.6 is 0 Å². The molecule has 2 fully saturated rings. The van der Waals surface area contributed by atoms with Crippen LogP contribution in [0.3, 0.4) is 0 Å². The topological polar surface area (TPSA) is 90.1 Å². The maximum absolute atomic E-state index is 11.5. The van der Waals surface area contributed by atoms with Gasteiger partial charge in [-0.25, -0.2) is 14.8 Å². The molecule has 98 valence electrons. The van der Waals surface area contributed by atoms with E-state index in [1.54, 1.807) is 4.90 Å². The first-order chi connectivity index (χ1) is 9.20. The van der Waals surface area contributed by atoms with Crippen molar-refractivity contribution in [3.05, 3.63) is 18.0 Å². The molecular weight excluding hydrogens is 244 g/mol. The quantitative estimate of drug-likeness (QED) is 0.852. The molecule has 6 heteroatoms. The van der Waals surface area contributed by atoms with Gasteiger partial charge >= 0.3 is 5.97 Å². The fraction of sp³-hybridized carbons (Fsp3) is 0.538. The lowest BCUT2D eigenvalue weighted by atomic mass is 9.94. The summed E-state index contributed by atoms with van der Waals surface area (Å²) in [5.74, 6) is 0.142. The summed E-state index contributed by atoms with van der Waals surface area (Å²) in [6.07, 6.45) is 4.64. The van der Waals surface area contributed by atoms with Crippen LogP contribution in [0.5, 0.6) is 0 Å². The number of carbonyl (C=O) groups is 1. The third-order valence-electron chi connectivity index (χ3n) is 4.16. The summed E-state index contributed by atoms with van der Waals surface area (Å²) in [5.41, 5.74) is 0.270. The van der Waals surface area contributed by atoms with Crippen molar-refractivity contribution in [2.45, 2.75) is 25.3 Å². The highest BCUT2D eigenvalue weighted by Gasteiger charge is 2.48. The van der Waals surface area contributed by atoms with Crippen molar-refractivity contribution in [3.8, 4) is 6.07 Å². The van der Waals surface area contributed by atoms with Crippen molar-refractivity contribution in [3.63, 3.8) is 0 Å². The Kier molecular flexibility index (Phi) is 2.82. The lowest BCUT2D eigenvalue weighted by Crippen LogP contribution is -2.40. The summed E-state index contributed by atoms with van der Waals surface area (Å²) in [6.45, 7) is 0.677. The first-order valence-electron chi connectivity index (χ1n) is 6.43. The second-order valence-electron chi connectivity index (χ2n) is 5.14. The lowest BCUT2D eigenvalue weighted by Gasteiger charge is -2.24. The van der Waals surface area contributed by atoms with Crippen molar-refractivity contribution < 1.29 is 9.90 Å². The van der Waals surface area contributed by atoms with Gasteiger partial charge in [0.25, 0.3) is 0 Å². The van der Waals surface area contributed by atoms with Gasteiger partial charge in [-0.2, -0.15) is 5.26 Å². The number of hydrogen-bond donors (Lipinski definition) is 1. The van der Waals surface area contributed by atoms with E-state index in [-0.39, 0.29) is 11.6 Å². The van der Waals surface area contributed by atoms with Gasteiger partial charge in [-0.3, -0.25) is 0 Å². The zero-order valence-corrected chi connectivity index (χ0v) is 10.4. The van der Waals surface area contributed by atoms with Crippen LogP contribution in [0, 0.1) is 23.2 Å². The van der Waals surface area contributed by atoms with Crippen LogP contribution in [0.1, 0.15) is 25.0 Å². The number of aromatic nitrogens is 2. The summed E-state index contributed by atoms with van der Waals surface area (Å²) >= 11 is 0. The normalized spacial score (nSPS) is 29.0. The zero-order chi connectivity index (χ0) is 13.4. The van der Waals surface area contributed by atoms with Gasteiger partial charge in [0.2, 0.25) is 5.95 Å². The molecule has 3 rings (SSSR count). The van der Waals surface area contributed by atoms with Crippen LogP contribution in [0.15, 0.2) is 12.3 Å². The van der Waals surface area contributed by atoms with Crippen molar-refractivity contribution in [1.29, 1.82) is 5.26 Å². The number of anilines is 1. The molecule has 1 aliphatic carbocycles. The molecule has 1 saturated carbocycles. The van der Waals surface area contributed by atoms with Gasteiger partial charge in [0.05, 0.1) is 0 Å². The number of nitrogens with zero attached hydrogens (tertiary/aromatic N) is 4. The van der Waals surface area contributed by atoms with E-state index >= 15 is 0 Å². The van der Waals surface area contributed by atoms with Crippen molar-refractivity contribution in [2.24, 2.45) is 11.8 Å². The van der Waals surface area contributed by atoms with E-state index < -0.39 is 12.0 Å². The van der Waals surface area contributed by atoms with Gasteiger partial charge in [0.15, 0.2) is 0 Å². The molecule has 3 atom stereocenters. The van der Waals surface area contributed by atoms with E-state index in [1.807, 2.05) is 6.07 Å². The number of nitriles is 1. The Morgan fingerprint density at radius 2 is 2.37 bits per heavy atom. The molecule has 0 amide bonds. The highest BCUT2D eigenvalue weighted by atomic mass is 16.4. The molecule has 1 aromatic heterocycles. The Labute approximate surface area is 110 Å². The van der Waals surface area contributed by atoms with Gasteiger partial charge in [0, 0.05) is 12.7 Å². The Balaban J connectivity index is 1.95. The molecule has 3 unspecified atom stereocenters. The second kappa shape index (κ2) is 4.50. The first-order valence-corrected chi connectivity index (χ1v) is 6.43. The molecule has 0 radical (unpaired) electrons. The second-order valence-corrected chi connectivity index (χ2v) is 5.14. The molecule has 0 bridgehead atoms. The van der Waals surface area contributed by atoms with Crippen molar-refractivity contribution in [2.75, 3.05) is 11.4 Å². The van der Waals surface area contributed by atoms with Crippen LogP contribution in [-0.4, -0.2) is 33.6 Å². The van der Waals surface area contributed by atoms with E-state index in [4.69, 9.17) is 5.26 Å². The molecular formula is C13H14N4O2. The Morgan fingerprint density at radius 1 is 1.53 bits per heavy atom. The number of rotatable bonds is 2. The third kappa shape index (κ3) is 1.91. The molecule has 1 aliphatic heterocycles. The summed E-state index contributed by atoms with van der Waals surface area (Å²) < 4.78 is 0. The van der Waals surface area contributed by atoms with Crippen molar-refractivity contribution >= 4 is 11.9 Å². The Morgan fingerprint density at radius 3 is 3.11 bits per heavy atom. The number of hydrogen-bond acceptors (Lipinski definition) is 5. The number of fused-ring (bicyclic) bond motifs is 1. The minimum absolute atomic E-state index is 0.187. The van der Waals surface area contributed by atoms with E-state index in [0.717, 1.165) is 19.3 Å². The third-order valence-corrected chi connectivity index (χ3v) is 4.16. The summed E-state index contributed by atoms with van der Waals surface area (Å²) in [4.78, 5) is 21.5. The minimum atomic E-state index is -0.819. The maximum Gasteiger partial charge on any atom is 0.326 e. The highest BCUT2D eigenvalue weighted by Crippen LogP contribution is 2.43. The summed E-state index contributed by atoms with van der Waals surface area (Å²) in [5, 5.41) is 18.3. The summed E-state index contributed by atoms with van der Waals surface area (Å²) in [6, 6.07) is 2.93. The maximum atomic E-state index is 11.5. The standard InChI is InChI=1S/C13H14N4O2/c14-6-9-4-5-15-13(16-9)17-7-8-2-1-3-10(8)11(17)12(18)19/h4-5,8,10-11H,1-3,7H2,(H,18,19). The molecule has 1 aromatic rings. The fourth-order valence-electron chi connectivity index (χ4n) is 3.38. The van der Waals surface area contributed by atoms with E-state index in [2.05, 4.69) is 9.97 Å². The molecule has 6 nitrogen and oxygen atoms in total. The summed E-state index contributed by atoms with van der Waals surface area (Å²) in [7, 11) is 0. The Hall–Kier alpha value is -2.16. The number of aliphatic carboxylic acids is 1. The molecule has 19 heavy (non-hydrogen) atoms. The van der Waals surface area contributed by atoms with Crippen LogP contribution in [-0.2, 0) is 4.79 Å². The van der Waals surface area contributed by atoms with Gasteiger partial charge in [0.1, 0.15) is 17.8 Å². The van der Waals surface area contributed by atoms with Crippen LogP contribution in [0.25, 0.3) is 0 Å². The SMILES string of the molecule is N#Cc1ccnc(N2CC3CCCC3C2C(=O)O)n1. The fourth-order valence-corrected chi connectivity index (χ4v) is 3.38. The van der Waals surface area contributed by atoms with Crippen LogP contribution in [0.4, 0.5) is 5.95 Å². The largest absolute Gasteiger partial charge is 0.480 e. The monoisotopic (exact) mass is 258 g/mol. The van der Waals surface area contributed by atoms with Gasteiger partial charge in [-0.05, 0) is 30.7 Å². The number of carboxylic acid groups (broad SMARTS) is 1. The van der Waals surface area contributed by atoms with Crippen LogP contribution in [0.2, 0.25) is 0 Å². The Bertz CT molecular complexity index is 554. The molecule has 2 aliphatic rings. The molecule has 1 N–H and O–H groups in total. The highest BCUT2D eigenvalue weighted by molar-refractivity contribution is 5.79.